The quantitative estimate of drug-likeness (QED) is 0.652. The molecule has 178 valence electrons. The third-order valence-electron chi connectivity index (χ3n) is 7.13. The van der Waals surface area contributed by atoms with Crippen molar-refractivity contribution in [1.29, 1.82) is 0 Å². The van der Waals surface area contributed by atoms with E-state index in [4.69, 9.17) is 0 Å². The number of fused-ring (bicyclic) bond motifs is 3. The van der Waals surface area contributed by atoms with Gasteiger partial charge in [-0.25, -0.2) is 0 Å². The Kier molecular flexibility index (Phi) is 5.95. The number of nitrogens with one attached hydrogen (secondary N) is 1. The molecule has 0 unspecified atom stereocenters. The maximum atomic E-state index is 13.7. The van der Waals surface area contributed by atoms with Crippen LogP contribution in [0.2, 0.25) is 0 Å². The third kappa shape index (κ3) is 4.28. The summed E-state index contributed by atoms with van der Waals surface area (Å²) in [7, 11) is 0. The highest BCUT2D eigenvalue weighted by atomic mass is 19.4. The molecule has 2 aromatic rings. The Bertz CT molecular complexity index is 1050. The smallest absolute Gasteiger partial charge is 0.364 e. The number of aromatic nitrogens is 2. The van der Waals surface area contributed by atoms with Crippen molar-refractivity contribution in [3.8, 4) is 0 Å². The predicted molar refractivity (Wildman–Crippen MR) is 120 cm³/mol. The van der Waals surface area contributed by atoms with Crippen molar-refractivity contribution >= 4 is 10.9 Å². The summed E-state index contributed by atoms with van der Waals surface area (Å²) < 4.78 is 53.6. The molecule has 1 fully saturated rings. The number of halogens is 4. The van der Waals surface area contributed by atoms with Crippen LogP contribution in [0.1, 0.15) is 30.5 Å². The Morgan fingerprint density at radius 1 is 1.21 bits per heavy atom. The zero-order valence-corrected chi connectivity index (χ0v) is 18.7. The van der Waals surface area contributed by atoms with Crippen LogP contribution < -0.4 is 0 Å². The van der Waals surface area contributed by atoms with Gasteiger partial charge in [0.25, 0.3) is 0 Å². The number of H-pyrrole nitrogens is 1. The third-order valence-corrected chi connectivity index (χ3v) is 7.13. The maximum Gasteiger partial charge on any atom is 0.401 e. The van der Waals surface area contributed by atoms with Crippen molar-refractivity contribution in [2.45, 2.75) is 44.1 Å². The molecule has 0 bridgehead atoms. The van der Waals surface area contributed by atoms with Gasteiger partial charge in [-0.2, -0.15) is 18.3 Å². The van der Waals surface area contributed by atoms with Crippen molar-refractivity contribution in [2.75, 3.05) is 39.4 Å². The summed E-state index contributed by atoms with van der Waals surface area (Å²) in [5, 5.41) is 8.13. The van der Waals surface area contributed by atoms with Crippen LogP contribution in [0.15, 0.2) is 42.3 Å². The molecule has 1 aromatic heterocycles. The predicted octanol–water partition coefficient (Wildman–Crippen LogP) is 4.21. The van der Waals surface area contributed by atoms with Gasteiger partial charge in [0, 0.05) is 43.3 Å². The van der Waals surface area contributed by atoms with Crippen LogP contribution in [-0.4, -0.2) is 82.6 Å². The summed E-state index contributed by atoms with van der Waals surface area (Å²) >= 11 is 0. The highest BCUT2D eigenvalue weighted by molar-refractivity contribution is 5.83. The number of hydrogen-bond acceptors (Lipinski definition) is 4. The van der Waals surface area contributed by atoms with Gasteiger partial charge in [-0.05, 0) is 43.0 Å². The lowest BCUT2D eigenvalue weighted by Gasteiger charge is -2.52. The zero-order chi connectivity index (χ0) is 23.2. The first-order valence-electron chi connectivity index (χ1n) is 11.5. The summed E-state index contributed by atoms with van der Waals surface area (Å²) in [6.07, 6.45) is 4.52. The second kappa shape index (κ2) is 8.76. The number of likely N-dealkylation sites (tertiary alicyclic amines) is 1. The first-order valence-corrected chi connectivity index (χ1v) is 11.5. The minimum absolute atomic E-state index is 0.215. The van der Waals surface area contributed by atoms with Gasteiger partial charge in [0.05, 0.1) is 37.0 Å². The molecular formula is C24H29F4N5. The van der Waals surface area contributed by atoms with Crippen molar-refractivity contribution in [1.82, 2.24) is 24.9 Å². The SMILES string of the molecule is C[C@@H]1Cc2c(ccc3[nH]ncc23)[C@H](C2=CC=CCN2C2CN(CCCF)C2)N1CC(F)(F)F. The van der Waals surface area contributed by atoms with E-state index in [1.807, 2.05) is 37.3 Å². The molecular weight excluding hydrogens is 434 g/mol. The molecule has 5 nitrogen and oxygen atoms in total. The second-order valence-corrected chi connectivity index (χ2v) is 9.34. The molecule has 1 N–H and O–H groups in total. The van der Waals surface area contributed by atoms with Crippen LogP contribution in [0.4, 0.5) is 17.6 Å². The first kappa shape index (κ1) is 22.4. The fraction of sp³-hybridized carbons (Fsp3) is 0.542. The molecule has 3 aliphatic rings. The average molecular weight is 464 g/mol. The molecule has 1 saturated heterocycles. The lowest BCUT2D eigenvalue weighted by Crippen LogP contribution is -2.60. The highest BCUT2D eigenvalue weighted by Gasteiger charge is 2.44. The summed E-state index contributed by atoms with van der Waals surface area (Å²) in [4.78, 5) is 6.06. The van der Waals surface area contributed by atoms with E-state index in [2.05, 4.69) is 20.0 Å². The van der Waals surface area contributed by atoms with Gasteiger partial charge in [-0.1, -0.05) is 18.2 Å². The van der Waals surface area contributed by atoms with Gasteiger partial charge in [0.15, 0.2) is 0 Å². The number of nitrogens with zero attached hydrogens (tertiary/aromatic N) is 4. The Morgan fingerprint density at radius 2 is 2.03 bits per heavy atom. The number of aromatic amines is 1. The normalized spacial score (nSPS) is 24.8. The van der Waals surface area contributed by atoms with E-state index in [1.54, 1.807) is 11.1 Å². The first-order chi connectivity index (χ1) is 15.9. The molecule has 2 atom stereocenters. The number of rotatable bonds is 6. The van der Waals surface area contributed by atoms with Crippen LogP contribution in [0.25, 0.3) is 10.9 Å². The minimum Gasteiger partial charge on any atom is -0.364 e. The van der Waals surface area contributed by atoms with Gasteiger partial charge in [0.1, 0.15) is 0 Å². The molecule has 0 saturated carbocycles. The second-order valence-electron chi connectivity index (χ2n) is 9.34. The number of allylic oxidation sites excluding steroid dienone is 2. The Balaban J connectivity index is 1.52. The van der Waals surface area contributed by atoms with Gasteiger partial charge < -0.3 is 4.90 Å². The monoisotopic (exact) mass is 463 g/mol. The van der Waals surface area contributed by atoms with Gasteiger partial charge in [-0.15, -0.1) is 0 Å². The zero-order valence-electron chi connectivity index (χ0n) is 18.7. The van der Waals surface area contributed by atoms with Crippen LogP contribution in [0.3, 0.4) is 0 Å². The molecule has 0 aliphatic carbocycles. The fourth-order valence-corrected chi connectivity index (χ4v) is 5.56. The Morgan fingerprint density at radius 3 is 2.79 bits per heavy atom. The summed E-state index contributed by atoms with van der Waals surface area (Å²) in [6.45, 7) is 3.60. The minimum atomic E-state index is -4.29. The number of benzene rings is 1. The lowest BCUT2D eigenvalue weighted by molar-refractivity contribution is -0.156. The molecule has 9 heteroatoms. The van der Waals surface area contributed by atoms with E-state index < -0.39 is 18.8 Å². The molecule has 1 aromatic carbocycles. The summed E-state index contributed by atoms with van der Waals surface area (Å²) in [5.74, 6) is 0. The van der Waals surface area contributed by atoms with E-state index in [-0.39, 0.29) is 18.8 Å². The molecule has 0 radical (unpaired) electrons. The highest BCUT2D eigenvalue weighted by Crippen LogP contribution is 2.44. The van der Waals surface area contributed by atoms with E-state index >= 15 is 0 Å². The molecule has 5 rings (SSSR count). The number of hydrogen-bond donors (Lipinski definition) is 1. The van der Waals surface area contributed by atoms with E-state index in [0.717, 1.165) is 47.4 Å². The van der Waals surface area contributed by atoms with Gasteiger partial charge in [-0.3, -0.25) is 19.3 Å². The van der Waals surface area contributed by atoms with E-state index in [0.29, 0.717) is 19.4 Å². The van der Waals surface area contributed by atoms with E-state index in [9.17, 15) is 17.6 Å². The van der Waals surface area contributed by atoms with E-state index in [1.165, 1.54) is 0 Å². The van der Waals surface area contributed by atoms with Crippen molar-refractivity contribution < 1.29 is 17.6 Å². The molecule has 4 heterocycles. The summed E-state index contributed by atoms with van der Waals surface area (Å²) in [6, 6.07) is 3.32. The largest absolute Gasteiger partial charge is 0.401 e. The van der Waals surface area contributed by atoms with Gasteiger partial charge in [0.2, 0.25) is 0 Å². The molecule has 3 aliphatic heterocycles. The standard InChI is InChI=1S/C24H29F4N5/c1-16-11-19-18(6-7-21-20(19)12-29-30-21)23(33(16)15-24(26,27)28)22-5-2-3-10-32(22)17-13-31(14-17)9-4-8-25/h2-3,5-7,12,16-17,23H,4,8-11,13-15H2,1H3,(H,29,30)/t16-,23-/m1/s1. The van der Waals surface area contributed by atoms with Crippen LogP contribution in [-0.2, 0) is 6.42 Å². The van der Waals surface area contributed by atoms with Gasteiger partial charge >= 0.3 is 6.18 Å². The number of alkyl halides is 4. The Labute approximate surface area is 190 Å². The maximum absolute atomic E-state index is 13.7. The molecule has 0 spiro atoms. The van der Waals surface area contributed by atoms with Crippen molar-refractivity contribution in [3.63, 3.8) is 0 Å². The lowest BCUT2D eigenvalue weighted by atomic mass is 9.84. The molecule has 33 heavy (non-hydrogen) atoms. The fourth-order valence-electron chi connectivity index (χ4n) is 5.56. The average Bonchev–Trinajstić information content (AvgIpc) is 3.22. The van der Waals surface area contributed by atoms with Crippen LogP contribution in [0, 0.1) is 0 Å². The van der Waals surface area contributed by atoms with Crippen molar-refractivity contribution in [2.24, 2.45) is 0 Å². The summed E-state index contributed by atoms with van der Waals surface area (Å²) in [5.41, 5.74) is 3.81. The van der Waals surface area contributed by atoms with Crippen LogP contribution >= 0.6 is 0 Å². The molecule has 0 amide bonds. The topological polar surface area (TPSA) is 38.4 Å². The Hall–Kier alpha value is -2.39. The van der Waals surface area contributed by atoms with Crippen LogP contribution in [0.5, 0.6) is 0 Å². The van der Waals surface area contributed by atoms with Crippen molar-refractivity contribution in [3.05, 3.63) is 53.4 Å².